The summed E-state index contributed by atoms with van der Waals surface area (Å²) in [5.41, 5.74) is -0.535. The summed E-state index contributed by atoms with van der Waals surface area (Å²) >= 11 is 0. The Bertz CT molecular complexity index is 467. The van der Waals surface area contributed by atoms with Gasteiger partial charge < -0.3 is 14.9 Å². The molecule has 1 aromatic rings. The molecule has 0 unspecified atom stereocenters. The Kier molecular flexibility index (Phi) is 4.73. The van der Waals surface area contributed by atoms with Crippen molar-refractivity contribution in [2.75, 3.05) is 6.61 Å². The zero-order chi connectivity index (χ0) is 14.6. The van der Waals surface area contributed by atoms with E-state index in [4.69, 9.17) is 9.84 Å². The highest BCUT2D eigenvalue weighted by atomic mass is 19.1. The van der Waals surface area contributed by atoms with Gasteiger partial charge in [0.15, 0.2) is 0 Å². The molecule has 1 aliphatic rings. The predicted octanol–water partition coefficient (Wildman–Crippen LogP) is 2.35. The summed E-state index contributed by atoms with van der Waals surface area (Å²) in [4.78, 5) is 10.8. The standard InChI is InChI=1S/C15H19FO4/c16-13-4-2-1-3-12(13)9-20-10-15(19)7-5-11(6-8-15)14(17)18/h1-4,11,19H,5-10H2,(H,17,18). The first-order valence-electron chi connectivity index (χ1n) is 6.76. The predicted molar refractivity (Wildman–Crippen MR) is 70.6 cm³/mol. The second kappa shape index (κ2) is 6.33. The van der Waals surface area contributed by atoms with Gasteiger partial charge in [-0.25, -0.2) is 4.39 Å². The topological polar surface area (TPSA) is 66.8 Å². The van der Waals surface area contributed by atoms with Crippen molar-refractivity contribution in [3.05, 3.63) is 35.6 Å². The SMILES string of the molecule is O=C(O)C1CCC(O)(COCc2ccccc2F)CC1. The Hall–Kier alpha value is -1.46. The lowest BCUT2D eigenvalue weighted by Gasteiger charge is -2.34. The van der Waals surface area contributed by atoms with Gasteiger partial charge in [0.2, 0.25) is 0 Å². The van der Waals surface area contributed by atoms with Crippen LogP contribution in [0.3, 0.4) is 0 Å². The van der Waals surface area contributed by atoms with E-state index in [1.54, 1.807) is 18.2 Å². The highest BCUT2D eigenvalue weighted by molar-refractivity contribution is 5.70. The molecule has 1 saturated carbocycles. The fourth-order valence-corrected chi connectivity index (χ4v) is 2.51. The molecule has 0 saturated heterocycles. The maximum Gasteiger partial charge on any atom is 0.306 e. The number of carboxylic acid groups (broad SMARTS) is 1. The molecule has 1 aromatic carbocycles. The van der Waals surface area contributed by atoms with Crippen LogP contribution in [0.25, 0.3) is 0 Å². The number of rotatable bonds is 5. The van der Waals surface area contributed by atoms with Gasteiger partial charge in [0.05, 0.1) is 24.7 Å². The van der Waals surface area contributed by atoms with E-state index in [1.807, 2.05) is 0 Å². The molecule has 0 heterocycles. The Morgan fingerprint density at radius 2 is 2.00 bits per heavy atom. The molecule has 110 valence electrons. The monoisotopic (exact) mass is 282 g/mol. The van der Waals surface area contributed by atoms with Crippen LogP contribution in [0.15, 0.2) is 24.3 Å². The van der Waals surface area contributed by atoms with Gasteiger partial charge in [0, 0.05) is 5.56 Å². The molecule has 0 amide bonds. The number of aliphatic hydroxyl groups is 1. The van der Waals surface area contributed by atoms with Crippen LogP contribution in [-0.4, -0.2) is 28.4 Å². The van der Waals surface area contributed by atoms with Gasteiger partial charge in [-0.3, -0.25) is 4.79 Å². The Balaban J connectivity index is 1.80. The Morgan fingerprint density at radius 3 is 2.60 bits per heavy atom. The van der Waals surface area contributed by atoms with Crippen LogP contribution in [0.4, 0.5) is 4.39 Å². The first kappa shape index (κ1) is 14.9. The second-order valence-electron chi connectivity index (χ2n) is 5.42. The minimum atomic E-state index is -0.989. The zero-order valence-electron chi connectivity index (χ0n) is 11.2. The van der Waals surface area contributed by atoms with Gasteiger partial charge in [-0.05, 0) is 31.7 Å². The van der Waals surface area contributed by atoms with E-state index in [0.717, 1.165) is 0 Å². The van der Waals surface area contributed by atoms with Crippen molar-refractivity contribution >= 4 is 5.97 Å². The van der Waals surface area contributed by atoms with Gasteiger partial charge in [-0.2, -0.15) is 0 Å². The summed E-state index contributed by atoms with van der Waals surface area (Å²) in [5.74, 6) is -1.50. The quantitative estimate of drug-likeness (QED) is 0.870. The number of hydrogen-bond acceptors (Lipinski definition) is 3. The third-order valence-corrected chi connectivity index (χ3v) is 3.85. The van der Waals surface area contributed by atoms with E-state index in [-0.39, 0.29) is 24.9 Å². The molecule has 0 bridgehead atoms. The number of aliphatic carboxylic acids is 1. The van der Waals surface area contributed by atoms with Gasteiger partial charge >= 0.3 is 5.97 Å². The summed E-state index contributed by atoms with van der Waals surface area (Å²) in [7, 11) is 0. The lowest BCUT2D eigenvalue weighted by atomic mass is 9.79. The van der Waals surface area contributed by atoms with Crippen LogP contribution in [0.1, 0.15) is 31.2 Å². The third kappa shape index (κ3) is 3.77. The molecule has 2 N–H and O–H groups in total. The first-order chi connectivity index (χ1) is 9.50. The van der Waals surface area contributed by atoms with E-state index >= 15 is 0 Å². The van der Waals surface area contributed by atoms with Gasteiger partial charge in [-0.15, -0.1) is 0 Å². The molecule has 1 fully saturated rings. The first-order valence-corrected chi connectivity index (χ1v) is 6.76. The van der Waals surface area contributed by atoms with Gasteiger partial charge in [-0.1, -0.05) is 18.2 Å². The number of hydrogen-bond donors (Lipinski definition) is 2. The number of carbonyl (C=O) groups is 1. The average Bonchev–Trinajstić information content (AvgIpc) is 2.41. The smallest absolute Gasteiger partial charge is 0.306 e. The normalized spacial score (nSPS) is 26.4. The maximum absolute atomic E-state index is 13.4. The van der Waals surface area contributed by atoms with E-state index < -0.39 is 11.6 Å². The molecule has 20 heavy (non-hydrogen) atoms. The molecule has 2 rings (SSSR count). The molecule has 0 aliphatic heterocycles. The van der Waals surface area contributed by atoms with E-state index in [1.165, 1.54) is 6.07 Å². The number of benzene rings is 1. The molecule has 0 radical (unpaired) electrons. The van der Waals surface area contributed by atoms with E-state index in [2.05, 4.69) is 0 Å². The summed E-state index contributed by atoms with van der Waals surface area (Å²) in [6.45, 7) is 0.213. The van der Waals surface area contributed by atoms with Crippen molar-refractivity contribution in [2.24, 2.45) is 5.92 Å². The largest absolute Gasteiger partial charge is 0.481 e. The van der Waals surface area contributed by atoms with Crippen LogP contribution in [0, 0.1) is 11.7 Å². The van der Waals surface area contributed by atoms with Crippen LogP contribution in [0.2, 0.25) is 0 Å². The molecule has 4 nitrogen and oxygen atoms in total. The summed E-state index contributed by atoms with van der Waals surface area (Å²) in [6, 6.07) is 6.35. The number of ether oxygens (including phenoxy) is 1. The Morgan fingerprint density at radius 1 is 1.35 bits per heavy atom. The fourth-order valence-electron chi connectivity index (χ4n) is 2.51. The number of carboxylic acids is 1. The van der Waals surface area contributed by atoms with Crippen LogP contribution < -0.4 is 0 Å². The number of halogens is 1. The average molecular weight is 282 g/mol. The highest BCUT2D eigenvalue weighted by Crippen LogP contribution is 2.32. The van der Waals surface area contributed by atoms with Crippen LogP contribution in [-0.2, 0) is 16.1 Å². The second-order valence-corrected chi connectivity index (χ2v) is 5.42. The minimum absolute atomic E-state index is 0.105. The van der Waals surface area contributed by atoms with E-state index in [9.17, 15) is 14.3 Å². The molecule has 1 aliphatic carbocycles. The lowest BCUT2D eigenvalue weighted by Crippen LogP contribution is -2.40. The molecule has 0 atom stereocenters. The lowest BCUT2D eigenvalue weighted by molar-refractivity contribution is -0.146. The minimum Gasteiger partial charge on any atom is -0.481 e. The van der Waals surface area contributed by atoms with Crippen LogP contribution >= 0.6 is 0 Å². The van der Waals surface area contributed by atoms with Crippen LogP contribution in [0.5, 0.6) is 0 Å². The van der Waals surface area contributed by atoms with Crippen molar-refractivity contribution < 1.29 is 24.1 Å². The maximum atomic E-state index is 13.4. The molecule has 0 spiro atoms. The summed E-state index contributed by atoms with van der Waals surface area (Å²) in [5, 5.41) is 19.2. The molecular weight excluding hydrogens is 263 g/mol. The van der Waals surface area contributed by atoms with E-state index in [0.29, 0.717) is 31.2 Å². The van der Waals surface area contributed by atoms with Gasteiger partial charge in [0.1, 0.15) is 5.82 Å². The Labute approximate surface area is 117 Å². The van der Waals surface area contributed by atoms with Gasteiger partial charge in [0.25, 0.3) is 0 Å². The summed E-state index contributed by atoms with van der Waals surface area (Å²) in [6.07, 6.45) is 1.71. The molecule has 5 heteroatoms. The third-order valence-electron chi connectivity index (χ3n) is 3.85. The van der Waals surface area contributed by atoms with Crippen molar-refractivity contribution in [3.63, 3.8) is 0 Å². The molecule has 0 aromatic heterocycles. The molecular formula is C15H19FO4. The highest BCUT2D eigenvalue weighted by Gasteiger charge is 2.35. The van der Waals surface area contributed by atoms with Crippen molar-refractivity contribution in [1.29, 1.82) is 0 Å². The summed E-state index contributed by atoms with van der Waals surface area (Å²) < 4.78 is 18.8. The van der Waals surface area contributed by atoms with Crippen molar-refractivity contribution in [1.82, 2.24) is 0 Å². The zero-order valence-corrected chi connectivity index (χ0v) is 11.2. The van der Waals surface area contributed by atoms with Crippen molar-refractivity contribution in [3.8, 4) is 0 Å². The fraction of sp³-hybridized carbons (Fsp3) is 0.533. The van der Waals surface area contributed by atoms with Crippen molar-refractivity contribution in [2.45, 2.75) is 37.9 Å².